The number of aromatic hydroxyl groups is 1. The first-order valence-corrected chi connectivity index (χ1v) is 10.2. The van der Waals surface area contributed by atoms with Crippen LogP contribution in [0.1, 0.15) is 22.9 Å². The van der Waals surface area contributed by atoms with E-state index < -0.39 is 12.0 Å². The third-order valence-electron chi connectivity index (χ3n) is 3.88. The van der Waals surface area contributed by atoms with Gasteiger partial charge in [-0.05, 0) is 42.8 Å². The molecule has 1 aliphatic heterocycles. The topological polar surface area (TPSA) is 74.8 Å². The summed E-state index contributed by atoms with van der Waals surface area (Å²) >= 11 is 8.08. The van der Waals surface area contributed by atoms with Crippen LogP contribution >= 0.6 is 35.3 Å². The molecule has 5 nitrogen and oxygen atoms in total. The number of rotatable bonds is 6. The smallest absolute Gasteiger partial charge is 0.326 e. The number of carbonyl (C=O) groups is 1. The lowest BCUT2D eigenvalue weighted by atomic mass is 10.1. The molecule has 130 valence electrons. The number of thioether (sulfide) groups is 1. The molecular formula is C17H16N2O3S3. The van der Waals surface area contributed by atoms with Crippen LogP contribution in [0.2, 0.25) is 0 Å². The summed E-state index contributed by atoms with van der Waals surface area (Å²) in [5.41, 5.74) is 2.72. The van der Waals surface area contributed by atoms with Gasteiger partial charge >= 0.3 is 5.97 Å². The number of fused-ring (bicyclic) bond motifs is 1. The molecule has 0 bridgehead atoms. The summed E-state index contributed by atoms with van der Waals surface area (Å²) in [7, 11) is 0. The van der Waals surface area contributed by atoms with Gasteiger partial charge in [-0.25, -0.2) is 4.79 Å². The van der Waals surface area contributed by atoms with Crippen molar-refractivity contribution in [2.24, 2.45) is 4.99 Å². The number of benzene rings is 1. The number of para-hydroxylation sites is 1. The monoisotopic (exact) mass is 392 g/mol. The SMILES string of the molecule is CSCCC(C(=O)O)n1c(O)c(/C=C2/C=Nc3ccccc32)sc1=S. The number of hydrogen-bond acceptors (Lipinski definition) is 6. The fraction of sp³-hybridized carbons (Fsp3) is 0.235. The van der Waals surface area contributed by atoms with E-state index in [0.29, 0.717) is 21.0 Å². The lowest BCUT2D eigenvalue weighted by Crippen LogP contribution is -2.19. The summed E-state index contributed by atoms with van der Waals surface area (Å²) in [6, 6.07) is 6.85. The van der Waals surface area contributed by atoms with Crippen LogP contribution in [-0.4, -0.2) is 39.0 Å². The number of nitrogens with zero attached hydrogens (tertiary/aromatic N) is 2. The van der Waals surface area contributed by atoms with Gasteiger partial charge in [0.1, 0.15) is 6.04 Å². The Labute approximate surface area is 158 Å². The van der Waals surface area contributed by atoms with Crippen molar-refractivity contribution in [1.29, 1.82) is 0 Å². The minimum Gasteiger partial charge on any atom is -0.493 e. The fourth-order valence-electron chi connectivity index (χ4n) is 2.65. The van der Waals surface area contributed by atoms with E-state index in [4.69, 9.17) is 12.2 Å². The maximum absolute atomic E-state index is 11.6. The normalized spacial score (nSPS) is 15.5. The van der Waals surface area contributed by atoms with Gasteiger partial charge in [-0.3, -0.25) is 9.56 Å². The molecule has 0 saturated carbocycles. The van der Waals surface area contributed by atoms with E-state index >= 15 is 0 Å². The van der Waals surface area contributed by atoms with Crippen molar-refractivity contribution in [1.82, 2.24) is 4.57 Å². The average Bonchev–Trinajstić information content (AvgIpc) is 3.11. The summed E-state index contributed by atoms with van der Waals surface area (Å²) in [4.78, 5) is 16.5. The Balaban J connectivity index is 2.01. The Bertz CT molecular complexity index is 927. The second kappa shape index (κ2) is 7.55. The van der Waals surface area contributed by atoms with Gasteiger partial charge in [-0.1, -0.05) is 18.2 Å². The van der Waals surface area contributed by atoms with Crippen LogP contribution in [0.5, 0.6) is 5.88 Å². The van der Waals surface area contributed by atoms with Gasteiger partial charge in [0, 0.05) is 17.4 Å². The molecule has 0 aliphatic carbocycles. The van der Waals surface area contributed by atoms with E-state index in [1.54, 1.807) is 24.1 Å². The van der Waals surface area contributed by atoms with Crippen molar-refractivity contribution in [2.75, 3.05) is 12.0 Å². The number of hydrogen-bond donors (Lipinski definition) is 2. The number of aliphatic imine (C=N–C) groups is 1. The highest BCUT2D eigenvalue weighted by atomic mass is 32.2. The number of aromatic nitrogens is 1. The van der Waals surface area contributed by atoms with E-state index in [1.165, 1.54) is 15.9 Å². The Morgan fingerprint density at radius 3 is 2.96 bits per heavy atom. The van der Waals surface area contributed by atoms with E-state index in [1.807, 2.05) is 30.5 Å². The van der Waals surface area contributed by atoms with Crippen molar-refractivity contribution in [3.05, 3.63) is 38.7 Å². The van der Waals surface area contributed by atoms with Crippen LogP contribution in [0.15, 0.2) is 29.3 Å². The third kappa shape index (κ3) is 3.56. The maximum atomic E-state index is 11.6. The summed E-state index contributed by atoms with van der Waals surface area (Å²) in [5, 5.41) is 20.1. The Morgan fingerprint density at radius 2 is 2.24 bits per heavy atom. The van der Waals surface area contributed by atoms with Crippen LogP contribution in [0.3, 0.4) is 0 Å². The molecule has 0 saturated heterocycles. The van der Waals surface area contributed by atoms with Gasteiger partial charge in [0.15, 0.2) is 3.95 Å². The molecule has 1 aromatic heterocycles. The Morgan fingerprint density at radius 1 is 1.48 bits per heavy atom. The van der Waals surface area contributed by atoms with E-state index in [-0.39, 0.29) is 5.88 Å². The molecule has 1 atom stereocenters. The molecule has 2 heterocycles. The zero-order valence-electron chi connectivity index (χ0n) is 13.4. The predicted molar refractivity (Wildman–Crippen MR) is 107 cm³/mol. The molecule has 1 aliphatic rings. The standard InChI is InChI=1S/C17H16N2O3S3/c1-24-7-6-13(16(21)22)19-15(20)14(25-17(19)23)8-10-9-18-12-5-3-2-4-11(10)12/h2-5,8-9,13,20H,6-7H2,1H3,(H,21,22)/b10-8-. The molecule has 2 aromatic rings. The molecule has 1 unspecified atom stereocenters. The molecule has 8 heteroatoms. The second-order valence-electron chi connectivity index (χ2n) is 5.44. The summed E-state index contributed by atoms with van der Waals surface area (Å²) in [6.07, 6.45) is 5.85. The first kappa shape index (κ1) is 17.9. The van der Waals surface area contributed by atoms with Gasteiger partial charge in [-0.2, -0.15) is 11.8 Å². The van der Waals surface area contributed by atoms with Crippen LogP contribution in [0.4, 0.5) is 5.69 Å². The summed E-state index contributed by atoms with van der Waals surface area (Å²) < 4.78 is 1.68. The largest absolute Gasteiger partial charge is 0.493 e. The van der Waals surface area contributed by atoms with Crippen LogP contribution < -0.4 is 0 Å². The van der Waals surface area contributed by atoms with Crippen molar-refractivity contribution in [2.45, 2.75) is 12.5 Å². The van der Waals surface area contributed by atoms with Crippen LogP contribution in [0.25, 0.3) is 11.6 Å². The highest BCUT2D eigenvalue weighted by Crippen LogP contribution is 2.37. The second-order valence-corrected chi connectivity index (χ2v) is 8.10. The van der Waals surface area contributed by atoms with E-state index in [2.05, 4.69) is 4.99 Å². The Hall–Kier alpha value is -1.90. The van der Waals surface area contributed by atoms with E-state index in [0.717, 1.165) is 16.8 Å². The summed E-state index contributed by atoms with van der Waals surface area (Å²) in [6.45, 7) is 0. The van der Waals surface area contributed by atoms with Crippen molar-refractivity contribution in [3.63, 3.8) is 0 Å². The van der Waals surface area contributed by atoms with Crippen LogP contribution in [0, 0.1) is 3.95 Å². The molecule has 25 heavy (non-hydrogen) atoms. The lowest BCUT2D eigenvalue weighted by molar-refractivity contribution is -0.141. The zero-order chi connectivity index (χ0) is 18.0. The maximum Gasteiger partial charge on any atom is 0.326 e. The molecule has 0 radical (unpaired) electrons. The number of carboxylic acid groups (broad SMARTS) is 1. The first-order valence-electron chi connectivity index (χ1n) is 7.54. The summed E-state index contributed by atoms with van der Waals surface area (Å²) in [5.74, 6) is -0.427. The minimum atomic E-state index is -0.995. The van der Waals surface area contributed by atoms with Crippen molar-refractivity contribution in [3.8, 4) is 5.88 Å². The number of carboxylic acids is 1. The molecule has 3 rings (SSSR count). The molecule has 1 aromatic carbocycles. The van der Waals surface area contributed by atoms with Crippen LogP contribution in [-0.2, 0) is 4.79 Å². The van der Waals surface area contributed by atoms with Crippen molar-refractivity contribution < 1.29 is 15.0 Å². The van der Waals surface area contributed by atoms with Crippen molar-refractivity contribution >= 4 is 64.8 Å². The molecule has 2 N–H and O–H groups in total. The molecule has 0 spiro atoms. The first-order chi connectivity index (χ1) is 12.0. The lowest BCUT2D eigenvalue weighted by Gasteiger charge is -2.14. The molecule has 0 fully saturated rings. The van der Waals surface area contributed by atoms with Gasteiger partial charge in [0.05, 0.1) is 10.6 Å². The molecular weight excluding hydrogens is 376 g/mol. The highest BCUT2D eigenvalue weighted by molar-refractivity contribution is 7.98. The zero-order valence-corrected chi connectivity index (χ0v) is 15.8. The fourth-order valence-corrected chi connectivity index (χ4v) is 4.47. The Kier molecular flexibility index (Phi) is 5.41. The molecule has 0 amide bonds. The average molecular weight is 393 g/mol. The van der Waals surface area contributed by atoms with E-state index in [9.17, 15) is 15.0 Å². The quantitative estimate of drug-likeness (QED) is 0.702. The number of allylic oxidation sites excluding steroid dienone is 1. The van der Waals surface area contributed by atoms with Gasteiger partial charge in [0.25, 0.3) is 0 Å². The number of aliphatic carboxylic acids is 1. The highest BCUT2D eigenvalue weighted by Gasteiger charge is 2.25. The minimum absolute atomic E-state index is 0.103. The van der Waals surface area contributed by atoms with Gasteiger partial charge in [0.2, 0.25) is 5.88 Å². The van der Waals surface area contributed by atoms with Gasteiger partial charge < -0.3 is 10.2 Å². The predicted octanol–water partition coefficient (Wildman–Crippen LogP) is 4.62. The van der Waals surface area contributed by atoms with Gasteiger partial charge in [-0.15, -0.1) is 11.3 Å². The third-order valence-corrected chi connectivity index (χ3v) is 5.86. The number of thiazole rings is 1.